The number of benzene rings is 2. The Balaban J connectivity index is 1.29. The van der Waals surface area contributed by atoms with Gasteiger partial charge in [0, 0.05) is 24.5 Å². The minimum absolute atomic E-state index is 0.0208. The molecule has 3 aromatic rings. The number of nitrogens with one attached hydrogen (secondary N) is 2. The van der Waals surface area contributed by atoms with E-state index in [4.69, 9.17) is 0 Å². The molecule has 1 aliphatic heterocycles. The average molecular weight is 741 g/mol. The summed E-state index contributed by atoms with van der Waals surface area (Å²) in [4.78, 5) is 36.1. The maximum absolute atomic E-state index is 14.0. The summed E-state index contributed by atoms with van der Waals surface area (Å²) in [6.45, 7) is 8.81. The molecule has 2 aromatic carbocycles. The number of aliphatic hydroxyl groups excluding tert-OH is 1. The predicted molar refractivity (Wildman–Crippen MR) is 174 cm³/mol. The Bertz CT molecular complexity index is 1440. The number of rotatable bonds is 12. The molecule has 1 fully saturated rings. The molecular formula is C36H47IN5O4-. The summed E-state index contributed by atoms with van der Waals surface area (Å²) in [6, 6.07) is 21.3. The molecule has 4 N–H and O–H groups in total. The number of piperazine rings is 1. The third kappa shape index (κ3) is 9.34. The number of hydrogen-bond acceptors (Lipinski definition) is 7. The predicted octanol–water partition coefficient (Wildman–Crippen LogP) is -0.129. The first kappa shape index (κ1) is 34.4. The second-order valence-corrected chi connectivity index (χ2v) is 15.8. The van der Waals surface area contributed by atoms with Crippen molar-refractivity contribution in [2.45, 2.75) is 74.2 Å². The standard InChI is InChI=1S/C36H47IN5O4/c1-36(2,3)40-35(45)32-24-41(22-26-12-9-15-38-21-26)16-17-42(32)23-29(43)19-28(18-25-10-5-4-6-11-25)34(44)39-33-30-14-8-7-13-27(30)20-31(33)37-46/h4-15,21,28-29,31-33,43,46H,16-20,22-24H2,1-3H3,(H,39,44)(H,40,45)/q-1/t28-,29+,31?,32+,33+/m1/s1. The van der Waals surface area contributed by atoms with Crippen LogP contribution in [0, 0.1) is 5.92 Å². The molecule has 1 aromatic heterocycles. The number of nitrogens with zero attached hydrogens (tertiary/aromatic N) is 3. The van der Waals surface area contributed by atoms with E-state index in [1.807, 2.05) is 87.6 Å². The van der Waals surface area contributed by atoms with Gasteiger partial charge in [-0.25, -0.2) is 0 Å². The summed E-state index contributed by atoms with van der Waals surface area (Å²) in [6.07, 6.45) is 4.31. The number of pyridine rings is 1. The molecule has 2 amide bonds. The van der Waals surface area contributed by atoms with Crippen molar-refractivity contribution in [1.82, 2.24) is 25.4 Å². The van der Waals surface area contributed by atoms with Crippen molar-refractivity contribution in [1.29, 1.82) is 0 Å². The van der Waals surface area contributed by atoms with Gasteiger partial charge < -0.3 is 0 Å². The van der Waals surface area contributed by atoms with E-state index in [0.29, 0.717) is 32.6 Å². The Morgan fingerprint density at radius 2 is 1.76 bits per heavy atom. The second kappa shape index (κ2) is 15.8. The molecule has 0 bridgehead atoms. The number of fused-ring (bicyclic) bond motifs is 1. The molecule has 0 radical (unpaired) electrons. The van der Waals surface area contributed by atoms with Crippen LogP contribution in [0.4, 0.5) is 0 Å². The Morgan fingerprint density at radius 3 is 2.48 bits per heavy atom. The molecule has 9 nitrogen and oxygen atoms in total. The molecule has 5 atom stereocenters. The fourth-order valence-corrected chi connectivity index (χ4v) is 8.18. The van der Waals surface area contributed by atoms with E-state index in [2.05, 4.69) is 31.5 Å². The number of carbonyl (C=O) groups is 2. The van der Waals surface area contributed by atoms with Gasteiger partial charge in [0.05, 0.1) is 0 Å². The van der Waals surface area contributed by atoms with Crippen molar-refractivity contribution in [3.8, 4) is 0 Å². The fourth-order valence-electron chi connectivity index (χ4n) is 6.62. The van der Waals surface area contributed by atoms with E-state index >= 15 is 0 Å². The number of amides is 2. The Hall–Kier alpha value is -2.90. The van der Waals surface area contributed by atoms with E-state index < -0.39 is 39.7 Å². The van der Waals surface area contributed by atoms with Crippen LogP contribution in [0.2, 0.25) is 0 Å². The van der Waals surface area contributed by atoms with Gasteiger partial charge in [-0.15, -0.1) is 0 Å². The van der Waals surface area contributed by atoms with Crippen LogP contribution < -0.4 is 32.3 Å². The molecule has 248 valence electrons. The van der Waals surface area contributed by atoms with Gasteiger partial charge in [-0.2, -0.15) is 0 Å². The second-order valence-electron chi connectivity index (χ2n) is 13.6. The summed E-state index contributed by atoms with van der Waals surface area (Å²) >= 11 is -1.07. The molecule has 2 heterocycles. The monoisotopic (exact) mass is 740 g/mol. The molecule has 46 heavy (non-hydrogen) atoms. The van der Waals surface area contributed by atoms with Gasteiger partial charge in [0.25, 0.3) is 0 Å². The van der Waals surface area contributed by atoms with Crippen molar-refractivity contribution in [2.24, 2.45) is 5.92 Å². The van der Waals surface area contributed by atoms with Gasteiger partial charge in [0.15, 0.2) is 0 Å². The Kier molecular flexibility index (Phi) is 11.8. The molecule has 10 heteroatoms. The number of hydrogen-bond donors (Lipinski definition) is 4. The first-order valence-corrected chi connectivity index (χ1v) is 18.4. The number of carbonyl (C=O) groups excluding carboxylic acids is 2. The first-order valence-electron chi connectivity index (χ1n) is 16.1. The van der Waals surface area contributed by atoms with Crippen molar-refractivity contribution in [2.75, 3.05) is 26.2 Å². The van der Waals surface area contributed by atoms with Crippen LogP contribution in [0.1, 0.15) is 55.5 Å². The van der Waals surface area contributed by atoms with Crippen LogP contribution in [-0.2, 0) is 29.0 Å². The van der Waals surface area contributed by atoms with Gasteiger partial charge in [-0.05, 0) is 32.4 Å². The molecule has 0 saturated carbocycles. The molecule has 1 unspecified atom stereocenters. The van der Waals surface area contributed by atoms with Crippen LogP contribution in [0.5, 0.6) is 0 Å². The number of aromatic nitrogens is 1. The van der Waals surface area contributed by atoms with Gasteiger partial charge >= 0.3 is 217 Å². The van der Waals surface area contributed by atoms with Crippen LogP contribution >= 0.6 is 0 Å². The quantitative estimate of drug-likeness (QED) is 0.151. The third-order valence-corrected chi connectivity index (χ3v) is 10.7. The molecule has 1 aliphatic carbocycles. The SMILES string of the molecule is CC(C)(C)NC(=O)[C@@H]1CN(Cc2cccnc2)CCN1C[C@@H](O)C[C@@H](Cc1ccccc1)C(=O)N[C@H]1c2ccccc2CC1[I-]O. The van der Waals surface area contributed by atoms with E-state index in [1.54, 1.807) is 6.20 Å². The zero-order chi connectivity index (χ0) is 32.7. The van der Waals surface area contributed by atoms with Crippen LogP contribution in [-0.4, -0.2) is 82.9 Å². The number of halogens is 1. The third-order valence-electron chi connectivity index (χ3n) is 8.79. The first-order chi connectivity index (χ1) is 22.1. The van der Waals surface area contributed by atoms with Crippen molar-refractivity contribution >= 4 is 11.8 Å². The summed E-state index contributed by atoms with van der Waals surface area (Å²) in [7, 11) is 0. The van der Waals surface area contributed by atoms with E-state index in [-0.39, 0.29) is 33.7 Å². The van der Waals surface area contributed by atoms with E-state index in [9.17, 15) is 18.1 Å². The summed E-state index contributed by atoms with van der Waals surface area (Å²) in [5, 5.41) is 18.0. The van der Waals surface area contributed by atoms with Gasteiger partial charge in [0.2, 0.25) is 0 Å². The molecule has 0 spiro atoms. The maximum atomic E-state index is 14.0. The van der Waals surface area contributed by atoms with Crippen molar-refractivity contribution in [3.63, 3.8) is 0 Å². The fraction of sp³-hybridized carbons (Fsp3) is 0.472. The molecule has 5 rings (SSSR count). The van der Waals surface area contributed by atoms with Crippen molar-refractivity contribution < 1.29 is 39.8 Å². The average Bonchev–Trinajstić information content (AvgIpc) is 3.39. The van der Waals surface area contributed by atoms with Gasteiger partial charge in [-0.1, -0.05) is 6.07 Å². The summed E-state index contributed by atoms with van der Waals surface area (Å²) in [5.41, 5.74) is 3.98. The molecular weight excluding hydrogens is 693 g/mol. The normalized spacial score (nSPS) is 21.8. The van der Waals surface area contributed by atoms with E-state index in [0.717, 1.165) is 29.7 Å². The van der Waals surface area contributed by atoms with Gasteiger partial charge in [-0.3, -0.25) is 4.98 Å². The molecule has 2 aliphatic rings. The zero-order valence-electron chi connectivity index (χ0n) is 27.0. The topological polar surface area (TPSA) is 118 Å². The van der Waals surface area contributed by atoms with Crippen molar-refractivity contribution in [3.05, 3.63) is 101 Å². The summed E-state index contributed by atoms with van der Waals surface area (Å²) < 4.78 is 10.3. The van der Waals surface area contributed by atoms with Gasteiger partial charge in [0.1, 0.15) is 0 Å². The number of aliphatic hydroxyl groups is 1. The molecule has 1 saturated heterocycles. The Morgan fingerprint density at radius 1 is 1.02 bits per heavy atom. The number of β-amino-alcohol motifs (C(OH)–C–C–N with tert-alkyl or cyclic N) is 1. The van der Waals surface area contributed by atoms with Crippen LogP contribution in [0.25, 0.3) is 0 Å². The number of alkyl halides is 1. The van der Waals surface area contributed by atoms with Crippen LogP contribution in [0.15, 0.2) is 79.1 Å². The zero-order valence-corrected chi connectivity index (χ0v) is 29.1. The van der Waals surface area contributed by atoms with Crippen LogP contribution in [0.3, 0.4) is 0 Å². The summed E-state index contributed by atoms with van der Waals surface area (Å²) in [5.74, 6) is -0.654. The van der Waals surface area contributed by atoms with E-state index in [1.165, 1.54) is 5.56 Å². The minimum atomic E-state index is -1.07. The Labute approximate surface area is 283 Å².